The summed E-state index contributed by atoms with van der Waals surface area (Å²) in [5.74, 6) is -1.21. The van der Waals surface area contributed by atoms with Crippen LogP contribution in [0.5, 0.6) is 0 Å². The number of halogens is 1. The zero-order valence-electron chi connectivity index (χ0n) is 17.8. The molecule has 3 N–H and O–H groups in total. The van der Waals surface area contributed by atoms with Crippen LogP contribution in [0.15, 0.2) is 29.2 Å². The maximum absolute atomic E-state index is 12.6. The molecule has 9 nitrogen and oxygen atoms in total. The Morgan fingerprint density at radius 1 is 1.16 bits per heavy atom. The molecule has 3 amide bonds. The molecule has 0 unspecified atom stereocenters. The molecule has 0 aromatic heterocycles. The SMILES string of the molecule is CSCC[C@H](NS(=O)(=O)c1ccc(Cl)cc1)C(=O)OCC(=O)NC(=O)NC1CCCCC1. The summed E-state index contributed by atoms with van der Waals surface area (Å²) in [7, 11) is -4.01. The van der Waals surface area contributed by atoms with Crippen LogP contribution >= 0.6 is 23.4 Å². The first kappa shape index (κ1) is 26.4. The average molecular weight is 506 g/mol. The van der Waals surface area contributed by atoms with Gasteiger partial charge >= 0.3 is 12.0 Å². The zero-order chi connectivity index (χ0) is 23.6. The predicted molar refractivity (Wildman–Crippen MR) is 123 cm³/mol. The maximum atomic E-state index is 12.6. The molecular formula is C20H28ClN3O6S2. The molecule has 32 heavy (non-hydrogen) atoms. The number of imide groups is 1. The van der Waals surface area contributed by atoms with Gasteiger partial charge in [0.1, 0.15) is 6.04 Å². The lowest BCUT2D eigenvalue weighted by atomic mass is 9.96. The van der Waals surface area contributed by atoms with Gasteiger partial charge in [-0.1, -0.05) is 30.9 Å². The van der Waals surface area contributed by atoms with Crippen molar-refractivity contribution in [1.82, 2.24) is 15.4 Å². The molecule has 0 heterocycles. The summed E-state index contributed by atoms with van der Waals surface area (Å²) >= 11 is 7.22. The Morgan fingerprint density at radius 2 is 1.81 bits per heavy atom. The lowest BCUT2D eigenvalue weighted by Crippen LogP contribution is -2.47. The summed E-state index contributed by atoms with van der Waals surface area (Å²) < 4.78 is 32.5. The van der Waals surface area contributed by atoms with Gasteiger partial charge in [0.2, 0.25) is 10.0 Å². The number of thioether (sulfide) groups is 1. The van der Waals surface area contributed by atoms with Gasteiger partial charge in [-0.3, -0.25) is 14.9 Å². The highest BCUT2D eigenvalue weighted by atomic mass is 35.5. The van der Waals surface area contributed by atoms with Crippen LogP contribution in [0.2, 0.25) is 5.02 Å². The van der Waals surface area contributed by atoms with Crippen molar-refractivity contribution in [2.24, 2.45) is 0 Å². The summed E-state index contributed by atoms with van der Waals surface area (Å²) in [6.45, 7) is -0.699. The number of ether oxygens (including phenoxy) is 1. The minimum absolute atomic E-state index is 0.0253. The minimum atomic E-state index is -4.01. The van der Waals surface area contributed by atoms with E-state index >= 15 is 0 Å². The van der Waals surface area contributed by atoms with Crippen molar-refractivity contribution in [3.63, 3.8) is 0 Å². The van der Waals surface area contributed by atoms with E-state index in [9.17, 15) is 22.8 Å². The first-order valence-electron chi connectivity index (χ1n) is 10.2. The number of amides is 3. The fourth-order valence-corrected chi connectivity index (χ4v) is 5.01. The Labute approximate surface area is 197 Å². The van der Waals surface area contributed by atoms with Gasteiger partial charge in [0.15, 0.2) is 6.61 Å². The van der Waals surface area contributed by atoms with E-state index < -0.39 is 40.6 Å². The minimum Gasteiger partial charge on any atom is -0.454 e. The third kappa shape index (κ3) is 8.97. The fraction of sp³-hybridized carbons (Fsp3) is 0.550. The molecule has 1 saturated carbocycles. The number of esters is 1. The summed E-state index contributed by atoms with van der Waals surface area (Å²) in [6.07, 6.45) is 6.89. The molecule has 1 aromatic rings. The second-order valence-corrected chi connectivity index (χ2v) is 10.5. The molecular weight excluding hydrogens is 478 g/mol. The normalized spacial score (nSPS) is 15.6. The highest BCUT2D eigenvalue weighted by molar-refractivity contribution is 7.98. The first-order chi connectivity index (χ1) is 15.2. The Hall–Kier alpha value is -1.82. The number of rotatable bonds is 10. The number of carbonyl (C=O) groups is 3. The third-order valence-electron chi connectivity index (χ3n) is 4.86. The van der Waals surface area contributed by atoms with Gasteiger partial charge < -0.3 is 10.1 Å². The highest BCUT2D eigenvalue weighted by Gasteiger charge is 2.27. The lowest BCUT2D eigenvalue weighted by molar-refractivity contribution is -0.150. The smallest absolute Gasteiger partial charge is 0.324 e. The number of hydrogen-bond acceptors (Lipinski definition) is 7. The molecule has 0 aliphatic heterocycles. The molecule has 2 rings (SSSR count). The number of sulfonamides is 1. The molecule has 0 radical (unpaired) electrons. The molecule has 0 bridgehead atoms. The number of carbonyl (C=O) groups excluding carboxylic acids is 3. The van der Waals surface area contributed by atoms with E-state index in [-0.39, 0.29) is 17.4 Å². The Bertz CT molecular complexity index is 889. The van der Waals surface area contributed by atoms with E-state index in [1.807, 2.05) is 6.26 Å². The largest absolute Gasteiger partial charge is 0.454 e. The molecule has 178 valence electrons. The van der Waals surface area contributed by atoms with Crippen LogP contribution < -0.4 is 15.4 Å². The Kier molecular flexibility index (Phi) is 10.8. The van der Waals surface area contributed by atoms with Gasteiger partial charge in [-0.05, 0) is 55.5 Å². The van der Waals surface area contributed by atoms with Crippen molar-refractivity contribution in [3.8, 4) is 0 Å². The predicted octanol–water partition coefficient (Wildman–Crippen LogP) is 2.44. The molecule has 1 aliphatic rings. The topological polar surface area (TPSA) is 131 Å². The van der Waals surface area contributed by atoms with E-state index in [2.05, 4.69) is 15.4 Å². The molecule has 1 aromatic carbocycles. The quantitative estimate of drug-likeness (QED) is 0.416. The van der Waals surface area contributed by atoms with Crippen LogP contribution in [0, 0.1) is 0 Å². The number of urea groups is 1. The van der Waals surface area contributed by atoms with Crippen LogP contribution in [0.4, 0.5) is 4.79 Å². The third-order valence-corrected chi connectivity index (χ3v) is 7.24. The summed E-state index contributed by atoms with van der Waals surface area (Å²) in [5.41, 5.74) is 0. The van der Waals surface area contributed by atoms with Gasteiger partial charge in [-0.25, -0.2) is 13.2 Å². The number of hydrogen-bond donors (Lipinski definition) is 3. The van der Waals surface area contributed by atoms with Crippen LogP contribution in [0.1, 0.15) is 38.5 Å². The molecule has 0 saturated heterocycles. The Balaban J connectivity index is 1.88. The second-order valence-electron chi connectivity index (χ2n) is 7.37. The first-order valence-corrected chi connectivity index (χ1v) is 13.5. The van der Waals surface area contributed by atoms with Gasteiger partial charge in [0.05, 0.1) is 4.90 Å². The van der Waals surface area contributed by atoms with E-state index in [1.54, 1.807) is 0 Å². The monoisotopic (exact) mass is 505 g/mol. The highest BCUT2D eigenvalue weighted by Crippen LogP contribution is 2.17. The average Bonchev–Trinajstić information content (AvgIpc) is 2.75. The van der Waals surface area contributed by atoms with E-state index in [0.717, 1.165) is 32.1 Å². The van der Waals surface area contributed by atoms with Crippen LogP contribution in [0.3, 0.4) is 0 Å². The summed E-state index contributed by atoms with van der Waals surface area (Å²) in [4.78, 5) is 36.3. The van der Waals surface area contributed by atoms with E-state index in [0.29, 0.717) is 10.8 Å². The Morgan fingerprint density at radius 3 is 2.44 bits per heavy atom. The molecule has 1 fully saturated rings. The lowest BCUT2D eigenvalue weighted by Gasteiger charge is -2.22. The van der Waals surface area contributed by atoms with Crippen LogP contribution in [0.25, 0.3) is 0 Å². The van der Waals surface area contributed by atoms with Crippen molar-refractivity contribution in [2.75, 3.05) is 18.6 Å². The molecule has 1 aliphatic carbocycles. The number of nitrogens with one attached hydrogen (secondary N) is 3. The van der Waals surface area contributed by atoms with Crippen molar-refractivity contribution in [3.05, 3.63) is 29.3 Å². The van der Waals surface area contributed by atoms with Crippen molar-refractivity contribution >= 4 is 51.3 Å². The van der Waals surface area contributed by atoms with E-state index in [4.69, 9.17) is 16.3 Å². The van der Waals surface area contributed by atoms with Crippen molar-refractivity contribution < 1.29 is 27.5 Å². The zero-order valence-corrected chi connectivity index (χ0v) is 20.2. The van der Waals surface area contributed by atoms with Gasteiger partial charge in [0.25, 0.3) is 5.91 Å². The van der Waals surface area contributed by atoms with Gasteiger partial charge in [0, 0.05) is 11.1 Å². The molecule has 1 atom stereocenters. The molecule has 0 spiro atoms. The molecule has 12 heteroatoms. The van der Waals surface area contributed by atoms with E-state index in [1.165, 1.54) is 36.0 Å². The van der Waals surface area contributed by atoms with Crippen LogP contribution in [-0.4, -0.2) is 57.0 Å². The second kappa shape index (κ2) is 13.0. The summed E-state index contributed by atoms with van der Waals surface area (Å²) in [6, 6.07) is 3.69. The van der Waals surface area contributed by atoms with Gasteiger partial charge in [-0.2, -0.15) is 16.5 Å². The van der Waals surface area contributed by atoms with Crippen molar-refractivity contribution in [2.45, 2.75) is 55.5 Å². The van der Waals surface area contributed by atoms with Crippen molar-refractivity contribution in [1.29, 1.82) is 0 Å². The van der Waals surface area contributed by atoms with Gasteiger partial charge in [-0.15, -0.1) is 0 Å². The maximum Gasteiger partial charge on any atom is 0.324 e. The fourth-order valence-electron chi connectivity index (χ4n) is 3.20. The van der Waals surface area contributed by atoms with Crippen LogP contribution in [-0.2, 0) is 24.3 Å². The number of benzene rings is 1. The standard InChI is InChI=1S/C20H28ClN3O6S2/c1-31-12-11-17(24-32(28,29)16-9-7-14(21)8-10-16)19(26)30-13-18(25)23-20(27)22-15-5-3-2-4-6-15/h7-10,15,17,24H,2-6,11-13H2,1H3,(H2,22,23,25,27)/t17-/m0/s1. The summed E-state index contributed by atoms with van der Waals surface area (Å²) in [5, 5.41) is 5.22.